The lowest BCUT2D eigenvalue weighted by Gasteiger charge is -2.23. The first-order valence-corrected chi connectivity index (χ1v) is 8.19. The van der Waals surface area contributed by atoms with Crippen molar-refractivity contribution in [1.29, 1.82) is 0 Å². The minimum Gasteiger partial charge on any atom is -0.497 e. The predicted molar refractivity (Wildman–Crippen MR) is 92.6 cm³/mol. The maximum absolute atomic E-state index is 5.84. The average molecular weight is 337 g/mol. The molecule has 0 radical (unpaired) electrons. The molecule has 1 atom stereocenters. The number of ether oxygens (including phenoxy) is 2. The predicted octanol–water partition coefficient (Wildman–Crippen LogP) is 2.92. The first-order chi connectivity index (χ1) is 12.3. The number of hydrogen-bond acceptors (Lipinski definition) is 6. The van der Waals surface area contributed by atoms with Crippen molar-refractivity contribution < 1.29 is 14.0 Å². The van der Waals surface area contributed by atoms with E-state index in [9.17, 15) is 0 Å². The van der Waals surface area contributed by atoms with E-state index in [4.69, 9.17) is 19.7 Å². The van der Waals surface area contributed by atoms with Crippen molar-refractivity contribution in [3.05, 3.63) is 59.5 Å². The van der Waals surface area contributed by atoms with Crippen LogP contribution in [0.25, 0.3) is 11.4 Å². The van der Waals surface area contributed by atoms with Crippen molar-refractivity contribution in [2.24, 2.45) is 5.73 Å². The van der Waals surface area contributed by atoms with Crippen molar-refractivity contribution in [1.82, 2.24) is 10.1 Å². The van der Waals surface area contributed by atoms with Crippen LogP contribution in [0.1, 0.15) is 22.9 Å². The molecule has 128 valence electrons. The second kappa shape index (κ2) is 6.57. The van der Waals surface area contributed by atoms with E-state index in [1.165, 1.54) is 0 Å². The van der Waals surface area contributed by atoms with Gasteiger partial charge in [-0.2, -0.15) is 4.98 Å². The van der Waals surface area contributed by atoms with Gasteiger partial charge in [0.1, 0.15) is 18.1 Å². The van der Waals surface area contributed by atoms with Crippen LogP contribution >= 0.6 is 0 Å². The van der Waals surface area contributed by atoms with Gasteiger partial charge in [-0.3, -0.25) is 0 Å². The Bertz CT molecular complexity index is 874. The number of rotatable bonds is 4. The molecule has 1 aromatic heterocycles. The van der Waals surface area contributed by atoms with Crippen LogP contribution in [0.4, 0.5) is 0 Å². The number of fused-ring (bicyclic) bond motifs is 1. The normalized spacial score (nSPS) is 16.2. The fourth-order valence-corrected chi connectivity index (χ4v) is 2.96. The van der Waals surface area contributed by atoms with Gasteiger partial charge in [0, 0.05) is 12.1 Å². The Hall–Kier alpha value is -2.86. The van der Waals surface area contributed by atoms with E-state index < -0.39 is 0 Å². The molecule has 0 amide bonds. The largest absolute Gasteiger partial charge is 0.497 e. The SMILES string of the molecule is COc1ccc2c(c1)CC(c1nc(-c3ccc(CN)cc3)no1)CO2. The third-order valence-corrected chi connectivity index (χ3v) is 4.41. The molecule has 25 heavy (non-hydrogen) atoms. The van der Waals surface area contributed by atoms with Gasteiger partial charge in [-0.15, -0.1) is 0 Å². The van der Waals surface area contributed by atoms with Crippen molar-refractivity contribution >= 4 is 0 Å². The summed E-state index contributed by atoms with van der Waals surface area (Å²) in [5, 5.41) is 4.11. The summed E-state index contributed by atoms with van der Waals surface area (Å²) in [6, 6.07) is 13.7. The topological polar surface area (TPSA) is 83.4 Å². The Balaban J connectivity index is 1.55. The number of hydrogen-bond donors (Lipinski definition) is 1. The molecule has 6 nitrogen and oxygen atoms in total. The molecule has 0 aliphatic carbocycles. The monoisotopic (exact) mass is 337 g/mol. The summed E-state index contributed by atoms with van der Waals surface area (Å²) in [5.74, 6) is 2.90. The zero-order chi connectivity index (χ0) is 17.2. The third kappa shape index (κ3) is 3.08. The summed E-state index contributed by atoms with van der Waals surface area (Å²) in [7, 11) is 1.66. The van der Waals surface area contributed by atoms with E-state index in [-0.39, 0.29) is 5.92 Å². The van der Waals surface area contributed by atoms with Gasteiger partial charge in [-0.25, -0.2) is 0 Å². The van der Waals surface area contributed by atoms with Crippen LogP contribution < -0.4 is 15.2 Å². The standard InChI is InChI=1S/C19H19N3O3/c1-23-16-6-7-17-14(9-16)8-15(11-24-17)19-21-18(22-25-19)13-4-2-12(10-20)3-5-13/h2-7,9,15H,8,10-11,20H2,1H3. The van der Waals surface area contributed by atoms with Crippen molar-refractivity contribution in [2.75, 3.05) is 13.7 Å². The second-order valence-corrected chi connectivity index (χ2v) is 6.04. The van der Waals surface area contributed by atoms with Crippen LogP contribution in [0.5, 0.6) is 11.5 Å². The highest BCUT2D eigenvalue weighted by Crippen LogP contribution is 2.34. The van der Waals surface area contributed by atoms with Crippen LogP contribution in [0.15, 0.2) is 47.0 Å². The highest BCUT2D eigenvalue weighted by atomic mass is 16.5. The molecule has 2 aromatic carbocycles. The van der Waals surface area contributed by atoms with Crippen LogP contribution in [0.3, 0.4) is 0 Å². The second-order valence-electron chi connectivity index (χ2n) is 6.04. The van der Waals surface area contributed by atoms with E-state index in [2.05, 4.69) is 10.1 Å². The summed E-state index contributed by atoms with van der Waals surface area (Å²) < 4.78 is 16.6. The van der Waals surface area contributed by atoms with E-state index in [0.717, 1.165) is 34.6 Å². The highest BCUT2D eigenvalue weighted by molar-refractivity contribution is 5.54. The summed E-state index contributed by atoms with van der Waals surface area (Å²) >= 11 is 0. The lowest BCUT2D eigenvalue weighted by Crippen LogP contribution is -2.19. The van der Waals surface area contributed by atoms with E-state index in [1.54, 1.807) is 7.11 Å². The Morgan fingerprint density at radius 2 is 2.04 bits per heavy atom. The molecule has 0 bridgehead atoms. The fourth-order valence-electron chi connectivity index (χ4n) is 2.96. The molecule has 6 heteroatoms. The maximum atomic E-state index is 5.84. The molecular formula is C19H19N3O3. The molecule has 2 heterocycles. The fraction of sp³-hybridized carbons (Fsp3) is 0.263. The number of nitrogens with two attached hydrogens (primary N) is 1. The molecule has 4 rings (SSSR count). The van der Waals surface area contributed by atoms with Gasteiger partial charge in [0.25, 0.3) is 0 Å². The number of aromatic nitrogens is 2. The summed E-state index contributed by atoms with van der Waals surface area (Å²) in [6.07, 6.45) is 0.778. The number of benzene rings is 2. The van der Waals surface area contributed by atoms with Crippen LogP contribution in [0.2, 0.25) is 0 Å². The lowest BCUT2D eigenvalue weighted by atomic mass is 9.96. The Morgan fingerprint density at radius 3 is 2.80 bits per heavy atom. The van der Waals surface area contributed by atoms with Gasteiger partial charge in [-0.05, 0) is 35.7 Å². The zero-order valence-electron chi connectivity index (χ0n) is 13.9. The summed E-state index contributed by atoms with van der Waals surface area (Å²) in [5.41, 5.74) is 8.69. The van der Waals surface area contributed by atoms with Crippen molar-refractivity contribution in [3.63, 3.8) is 0 Å². The lowest BCUT2D eigenvalue weighted by molar-refractivity contribution is 0.230. The third-order valence-electron chi connectivity index (χ3n) is 4.41. The van der Waals surface area contributed by atoms with Gasteiger partial charge >= 0.3 is 0 Å². The van der Waals surface area contributed by atoms with Crippen LogP contribution in [0, 0.1) is 0 Å². The molecule has 0 spiro atoms. The minimum absolute atomic E-state index is 0.0316. The zero-order valence-corrected chi connectivity index (χ0v) is 13.9. The minimum atomic E-state index is 0.0316. The van der Waals surface area contributed by atoms with Crippen LogP contribution in [-0.2, 0) is 13.0 Å². The van der Waals surface area contributed by atoms with E-state index in [1.807, 2.05) is 42.5 Å². The van der Waals surface area contributed by atoms with Gasteiger partial charge in [0.2, 0.25) is 11.7 Å². The maximum Gasteiger partial charge on any atom is 0.233 e. The quantitative estimate of drug-likeness (QED) is 0.788. The molecule has 1 aliphatic rings. The Labute approximate surface area is 145 Å². The van der Waals surface area contributed by atoms with E-state index in [0.29, 0.717) is 24.9 Å². The Morgan fingerprint density at radius 1 is 1.20 bits per heavy atom. The molecule has 1 aliphatic heterocycles. The number of nitrogens with zero attached hydrogens (tertiary/aromatic N) is 2. The smallest absolute Gasteiger partial charge is 0.233 e. The molecule has 1 unspecified atom stereocenters. The summed E-state index contributed by atoms with van der Waals surface area (Å²) in [4.78, 5) is 4.55. The van der Waals surface area contributed by atoms with Crippen LogP contribution in [-0.4, -0.2) is 23.9 Å². The molecule has 0 saturated heterocycles. The average Bonchev–Trinajstić information content (AvgIpc) is 3.17. The van der Waals surface area contributed by atoms with Gasteiger partial charge < -0.3 is 19.7 Å². The van der Waals surface area contributed by atoms with Gasteiger partial charge in [-0.1, -0.05) is 29.4 Å². The summed E-state index contributed by atoms with van der Waals surface area (Å²) in [6.45, 7) is 1.03. The molecule has 2 N–H and O–H groups in total. The molecular weight excluding hydrogens is 318 g/mol. The van der Waals surface area contributed by atoms with Crippen molar-refractivity contribution in [2.45, 2.75) is 18.9 Å². The van der Waals surface area contributed by atoms with Gasteiger partial charge in [0.05, 0.1) is 13.0 Å². The molecule has 0 fully saturated rings. The Kier molecular flexibility index (Phi) is 4.11. The van der Waals surface area contributed by atoms with Gasteiger partial charge in [0.15, 0.2) is 0 Å². The van der Waals surface area contributed by atoms with Crippen molar-refractivity contribution in [3.8, 4) is 22.9 Å². The highest BCUT2D eigenvalue weighted by Gasteiger charge is 2.26. The first-order valence-electron chi connectivity index (χ1n) is 8.19. The number of methoxy groups -OCH3 is 1. The van der Waals surface area contributed by atoms with E-state index >= 15 is 0 Å². The first kappa shape index (κ1) is 15.7. The molecule has 3 aromatic rings. The molecule has 0 saturated carbocycles.